The van der Waals surface area contributed by atoms with E-state index >= 15 is 0 Å². The molecule has 6 aliphatic rings. The van der Waals surface area contributed by atoms with Crippen LogP contribution in [0.2, 0.25) is 0 Å². The molecule has 7 rings (SSSR count). The summed E-state index contributed by atoms with van der Waals surface area (Å²) in [6.07, 6.45) is 16.7. The molecule has 0 radical (unpaired) electrons. The van der Waals surface area contributed by atoms with E-state index in [4.69, 9.17) is 0 Å². The smallest absolute Gasteiger partial charge is 0.335 e. The molecule has 7 heteroatoms. The van der Waals surface area contributed by atoms with Gasteiger partial charge in [-0.2, -0.15) is 0 Å². The molecule has 5 fully saturated rings. The topological polar surface area (TPSA) is 86.7 Å². The van der Waals surface area contributed by atoms with Gasteiger partial charge < -0.3 is 15.3 Å². The van der Waals surface area contributed by atoms with Crippen LogP contribution in [0.5, 0.6) is 0 Å². The summed E-state index contributed by atoms with van der Waals surface area (Å²) in [5.74, 6) is 2.68. The van der Waals surface area contributed by atoms with Gasteiger partial charge in [-0.25, -0.2) is 13.2 Å². The minimum Gasteiger partial charge on any atom is -0.478 e. The summed E-state index contributed by atoms with van der Waals surface area (Å²) in [5, 5.41) is 13.6. The van der Waals surface area contributed by atoms with E-state index in [1.165, 1.54) is 68.9 Å². The average molecular weight is 665 g/mol. The highest BCUT2D eigenvalue weighted by atomic mass is 32.2. The number of hydrogen-bond donors (Lipinski definition) is 2. The molecule has 8 atom stereocenters. The Kier molecular flexibility index (Phi) is 8.40. The Morgan fingerprint density at radius 1 is 0.872 bits per heavy atom. The van der Waals surface area contributed by atoms with Crippen LogP contribution in [0, 0.1) is 45.3 Å². The SMILES string of the molecule is CC1(C)C(c2ccc(C(=O)O)cc2)=CCC2(C)C1CCC1(C)C2CCC2C3CCCC3(NCCCN3CCS(=O)(=O)CC3)CC[C@]21C. The molecule has 0 spiro atoms. The maximum Gasteiger partial charge on any atom is 0.335 e. The Balaban J connectivity index is 1.07. The molecule has 0 aromatic heterocycles. The van der Waals surface area contributed by atoms with Crippen molar-refractivity contribution in [2.75, 3.05) is 37.7 Å². The third kappa shape index (κ3) is 5.30. The maximum absolute atomic E-state index is 11.9. The zero-order chi connectivity index (χ0) is 33.5. The van der Waals surface area contributed by atoms with Crippen LogP contribution in [0.25, 0.3) is 5.57 Å². The van der Waals surface area contributed by atoms with Crippen molar-refractivity contribution < 1.29 is 18.3 Å². The fourth-order valence-corrected chi connectivity index (χ4v) is 14.7. The van der Waals surface area contributed by atoms with Gasteiger partial charge in [-0.05, 0) is 146 Å². The van der Waals surface area contributed by atoms with Crippen molar-refractivity contribution in [3.05, 3.63) is 41.5 Å². The molecule has 4 saturated carbocycles. The first-order valence-corrected chi connectivity index (χ1v) is 20.7. The number of carboxylic acids is 1. The van der Waals surface area contributed by atoms with Gasteiger partial charge >= 0.3 is 5.97 Å². The second-order valence-corrected chi connectivity index (χ2v) is 20.3. The summed E-state index contributed by atoms with van der Waals surface area (Å²) in [4.78, 5) is 13.9. The van der Waals surface area contributed by atoms with E-state index in [9.17, 15) is 18.3 Å². The van der Waals surface area contributed by atoms with Crippen molar-refractivity contribution in [3.63, 3.8) is 0 Å². The minimum absolute atomic E-state index is 0.0381. The maximum atomic E-state index is 11.9. The lowest BCUT2D eigenvalue weighted by Crippen LogP contribution is -2.67. The van der Waals surface area contributed by atoms with Gasteiger partial charge in [0.15, 0.2) is 9.84 Å². The molecule has 0 bridgehead atoms. The molecule has 1 aliphatic heterocycles. The predicted octanol–water partition coefficient (Wildman–Crippen LogP) is 7.70. The van der Waals surface area contributed by atoms with Gasteiger partial charge in [0.2, 0.25) is 0 Å². The molecule has 2 N–H and O–H groups in total. The first kappa shape index (κ1) is 33.8. The van der Waals surface area contributed by atoms with Crippen molar-refractivity contribution in [2.45, 2.75) is 111 Å². The van der Waals surface area contributed by atoms with Gasteiger partial charge in [0.05, 0.1) is 17.1 Å². The van der Waals surface area contributed by atoms with E-state index in [1.54, 1.807) is 12.1 Å². The predicted molar refractivity (Wildman–Crippen MR) is 190 cm³/mol. The second-order valence-electron chi connectivity index (χ2n) is 18.0. The molecule has 1 aromatic rings. The summed E-state index contributed by atoms with van der Waals surface area (Å²) >= 11 is 0. The summed E-state index contributed by atoms with van der Waals surface area (Å²) in [6.45, 7) is 16.5. The van der Waals surface area contributed by atoms with Crippen LogP contribution in [-0.4, -0.2) is 67.6 Å². The highest BCUT2D eigenvalue weighted by Gasteiger charge is 2.69. The van der Waals surface area contributed by atoms with Crippen molar-refractivity contribution in [1.29, 1.82) is 0 Å². The van der Waals surface area contributed by atoms with Crippen molar-refractivity contribution >= 4 is 21.4 Å². The Labute approximate surface area is 284 Å². The molecule has 0 amide bonds. The number of nitrogens with zero attached hydrogens (tertiary/aromatic N) is 1. The number of hydrogen-bond acceptors (Lipinski definition) is 5. The summed E-state index contributed by atoms with van der Waals surface area (Å²) in [6, 6.07) is 7.60. The molecular formula is C40H60N2O4S. The quantitative estimate of drug-likeness (QED) is 0.291. The second kappa shape index (κ2) is 11.7. The standard InChI is InChI=1S/C40H60N2O4S/c1-36(2)30(28-9-11-29(12-10-28)35(43)44)15-18-37(3)33(36)16-19-39(5)34(37)14-13-31-32-8-6-17-40(32,21-20-38(31,39)4)41-22-7-23-42-24-26-47(45,46)27-25-42/h9-12,15,31-34,41H,6-8,13-14,16-27H2,1-5H3,(H,43,44)/t31?,32?,33?,34?,37?,38-,39?,40?/m1/s1. The normalized spacial score (nSPS) is 42.4. The van der Waals surface area contributed by atoms with Gasteiger partial charge in [-0.15, -0.1) is 0 Å². The van der Waals surface area contributed by atoms with E-state index in [-0.39, 0.29) is 10.8 Å². The lowest BCUT2D eigenvalue weighted by Gasteiger charge is -2.72. The fourth-order valence-electron chi connectivity index (χ4n) is 13.4. The highest BCUT2D eigenvalue weighted by Crippen LogP contribution is 2.76. The lowest BCUT2D eigenvalue weighted by molar-refractivity contribution is -0.217. The van der Waals surface area contributed by atoms with E-state index in [0.29, 0.717) is 52.4 Å². The summed E-state index contributed by atoms with van der Waals surface area (Å²) < 4.78 is 23.7. The molecule has 1 aromatic carbocycles. The zero-order valence-electron chi connectivity index (χ0n) is 29.7. The summed E-state index contributed by atoms with van der Waals surface area (Å²) in [7, 11) is -2.82. The summed E-state index contributed by atoms with van der Waals surface area (Å²) in [5.41, 5.74) is 4.26. The molecule has 47 heavy (non-hydrogen) atoms. The number of fused-ring (bicyclic) bond motifs is 7. The molecular weight excluding hydrogens is 605 g/mol. The van der Waals surface area contributed by atoms with Crippen LogP contribution in [0.4, 0.5) is 0 Å². The van der Waals surface area contributed by atoms with Gasteiger partial charge in [0.25, 0.3) is 0 Å². The van der Waals surface area contributed by atoms with Crippen molar-refractivity contribution in [2.24, 2.45) is 45.3 Å². The number of rotatable bonds is 7. The van der Waals surface area contributed by atoms with Gasteiger partial charge in [-0.1, -0.05) is 59.2 Å². The Hall–Kier alpha value is -1.70. The van der Waals surface area contributed by atoms with E-state index in [2.05, 4.69) is 50.9 Å². The number of carbonyl (C=O) groups is 1. The first-order valence-electron chi connectivity index (χ1n) is 18.9. The van der Waals surface area contributed by atoms with E-state index in [0.717, 1.165) is 43.7 Å². The van der Waals surface area contributed by atoms with Crippen LogP contribution >= 0.6 is 0 Å². The minimum atomic E-state index is -2.82. The molecule has 1 heterocycles. The number of aromatic carboxylic acids is 1. The highest BCUT2D eigenvalue weighted by molar-refractivity contribution is 7.91. The number of allylic oxidation sites excluding steroid dienone is 2. The average Bonchev–Trinajstić information content (AvgIpc) is 3.44. The van der Waals surface area contributed by atoms with Crippen LogP contribution in [-0.2, 0) is 9.84 Å². The molecule has 260 valence electrons. The fraction of sp³-hybridized carbons (Fsp3) is 0.775. The first-order chi connectivity index (χ1) is 22.2. The Morgan fingerprint density at radius 3 is 2.30 bits per heavy atom. The molecule has 5 aliphatic carbocycles. The molecule has 6 nitrogen and oxygen atoms in total. The zero-order valence-corrected chi connectivity index (χ0v) is 30.6. The Bertz CT molecular complexity index is 1500. The number of benzene rings is 1. The van der Waals surface area contributed by atoms with Crippen molar-refractivity contribution in [1.82, 2.24) is 10.2 Å². The van der Waals surface area contributed by atoms with Crippen LogP contribution in [0.1, 0.15) is 121 Å². The lowest BCUT2D eigenvalue weighted by atomic mass is 9.33. The Morgan fingerprint density at radius 2 is 1.60 bits per heavy atom. The van der Waals surface area contributed by atoms with Crippen LogP contribution < -0.4 is 5.32 Å². The van der Waals surface area contributed by atoms with Crippen molar-refractivity contribution in [3.8, 4) is 0 Å². The largest absolute Gasteiger partial charge is 0.478 e. The monoisotopic (exact) mass is 664 g/mol. The van der Waals surface area contributed by atoms with Gasteiger partial charge in [-0.3, -0.25) is 0 Å². The number of carboxylic acid groups (broad SMARTS) is 1. The number of sulfone groups is 1. The van der Waals surface area contributed by atoms with Crippen LogP contribution in [0.15, 0.2) is 30.3 Å². The van der Waals surface area contributed by atoms with Gasteiger partial charge in [0, 0.05) is 18.6 Å². The number of nitrogens with one attached hydrogen (secondary N) is 1. The van der Waals surface area contributed by atoms with E-state index < -0.39 is 15.8 Å². The molecule has 7 unspecified atom stereocenters. The van der Waals surface area contributed by atoms with Crippen LogP contribution in [0.3, 0.4) is 0 Å². The molecule has 1 saturated heterocycles. The third-order valence-corrected chi connectivity index (χ3v) is 17.6. The van der Waals surface area contributed by atoms with E-state index in [1.807, 2.05) is 12.1 Å². The van der Waals surface area contributed by atoms with Gasteiger partial charge in [0.1, 0.15) is 0 Å². The third-order valence-electron chi connectivity index (χ3n) is 15.9.